The first-order chi connectivity index (χ1) is 10.7. The van der Waals surface area contributed by atoms with Crippen molar-refractivity contribution in [1.29, 1.82) is 0 Å². The highest BCUT2D eigenvalue weighted by Crippen LogP contribution is 2.18. The number of hydrogen-bond acceptors (Lipinski definition) is 5. The van der Waals surface area contributed by atoms with Gasteiger partial charge in [0.05, 0.1) is 0 Å². The van der Waals surface area contributed by atoms with Crippen molar-refractivity contribution in [3.05, 3.63) is 66.0 Å². The molecule has 1 aromatic heterocycles. The van der Waals surface area contributed by atoms with Crippen LogP contribution in [0.5, 0.6) is 0 Å². The molecule has 0 spiro atoms. The molecule has 0 amide bonds. The van der Waals surface area contributed by atoms with E-state index in [1.54, 1.807) is 12.1 Å². The summed E-state index contributed by atoms with van der Waals surface area (Å²) >= 11 is 0. The fourth-order valence-corrected chi connectivity index (χ4v) is 2.01. The monoisotopic (exact) mass is 295 g/mol. The highest BCUT2D eigenvalue weighted by Gasteiger charge is 2.07. The topological polar surface area (TPSA) is 76.7 Å². The summed E-state index contributed by atoms with van der Waals surface area (Å²) < 4.78 is 13.3. The average Bonchev–Trinajstić information content (AvgIpc) is 2.53. The van der Waals surface area contributed by atoms with Gasteiger partial charge < -0.3 is 11.1 Å². The molecule has 3 N–H and O–H groups in total. The maximum Gasteiger partial charge on any atom is 0.228 e. The zero-order valence-electron chi connectivity index (χ0n) is 11.7. The average molecular weight is 295 g/mol. The predicted molar refractivity (Wildman–Crippen MR) is 83.4 cm³/mol. The third-order valence-electron chi connectivity index (χ3n) is 3.03. The summed E-state index contributed by atoms with van der Waals surface area (Å²) in [5.41, 5.74) is 7.35. The molecule has 0 fully saturated rings. The molecule has 3 aromatic rings. The van der Waals surface area contributed by atoms with Crippen molar-refractivity contribution in [2.75, 3.05) is 11.1 Å². The number of nitrogens with zero attached hydrogens (tertiary/aromatic N) is 3. The molecule has 6 heteroatoms. The number of benzene rings is 2. The normalized spacial score (nSPS) is 10.4. The molecule has 0 radical (unpaired) electrons. The van der Waals surface area contributed by atoms with Gasteiger partial charge in [-0.3, -0.25) is 0 Å². The van der Waals surface area contributed by atoms with Crippen LogP contribution in [-0.2, 0) is 6.54 Å². The molecule has 0 unspecified atom stereocenters. The standard InChI is InChI=1S/C16H14FN5/c17-13-8-4-7-12(9-13)14-20-15(18)22-16(21-14)19-10-11-5-2-1-3-6-11/h1-9H,10H2,(H3,18,19,20,21,22). The van der Waals surface area contributed by atoms with Crippen molar-refractivity contribution in [3.63, 3.8) is 0 Å². The largest absolute Gasteiger partial charge is 0.368 e. The number of hydrogen-bond donors (Lipinski definition) is 2. The molecule has 110 valence electrons. The first-order valence-electron chi connectivity index (χ1n) is 6.76. The second-order valence-electron chi connectivity index (χ2n) is 4.69. The Labute approximate surface area is 127 Å². The fraction of sp³-hybridized carbons (Fsp3) is 0.0625. The van der Waals surface area contributed by atoms with Crippen LogP contribution in [0.15, 0.2) is 54.6 Å². The van der Waals surface area contributed by atoms with Crippen LogP contribution < -0.4 is 11.1 Å². The van der Waals surface area contributed by atoms with Gasteiger partial charge in [-0.15, -0.1) is 0 Å². The number of halogens is 1. The van der Waals surface area contributed by atoms with E-state index in [-0.39, 0.29) is 11.8 Å². The summed E-state index contributed by atoms with van der Waals surface area (Å²) in [6.45, 7) is 0.562. The lowest BCUT2D eigenvalue weighted by atomic mass is 10.2. The molecule has 0 aliphatic heterocycles. The van der Waals surface area contributed by atoms with Crippen LogP contribution in [0.2, 0.25) is 0 Å². The maximum absolute atomic E-state index is 13.3. The van der Waals surface area contributed by atoms with Gasteiger partial charge in [-0.05, 0) is 17.7 Å². The summed E-state index contributed by atoms with van der Waals surface area (Å²) in [7, 11) is 0. The van der Waals surface area contributed by atoms with Gasteiger partial charge in [0, 0.05) is 12.1 Å². The third kappa shape index (κ3) is 3.35. The zero-order chi connectivity index (χ0) is 15.4. The predicted octanol–water partition coefficient (Wildman–Crippen LogP) is 2.87. The Balaban J connectivity index is 1.84. The van der Waals surface area contributed by atoms with Crippen molar-refractivity contribution in [2.24, 2.45) is 0 Å². The van der Waals surface area contributed by atoms with E-state index >= 15 is 0 Å². The molecule has 22 heavy (non-hydrogen) atoms. The number of anilines is 2. The van der Waals surface area contributed by atoms with E-state index in [1.807, 2.05) is 30.3 Å². The van der Waals surface area contributed by atoms with Gasteiger partial charge in [-0.2, -0.15) is 15.0 Å². The summed E-state index contributed by atoms with van der Waals surface area (Å²) in [6.07, 6.45) is 0. The molecule has 0 saturated carbocycles. The zero-order valence-corrected chi connectivity index (χ0v) is 11.7. The van der Waals surface area contributed by atoms with E-state index in [2.05, 4.69) is 20.3 Å². The number of nitrogens with two attached hydrogens (primary N) is 1. The van der Waals surface area contributed by atoms with Crippen molar-refractivity contribution in [3.8, 4) is 11.4 Å². The van der Waals surface area contributed by atoms with Gasteiger partial charge >= 0.3 is 0 Å². The number of nitrogens with one attached hydrogen (secondary N) is 1. The van der Waals surface area contributed by atoms with Crippen LogP contribution in [0.1, 0.15) is 5.56 Å². The van der Waals surface area contributed by atoms with Crippen LogP contribution in [0.25, 0.3) is 11.4 Å². The number of aromatic nitrogens is 3. The summed E-state index contributed by atoms with van der Waals surface area (Å²) in [5.74, 6) is 0.429. The molecule has 2 aromatic carbocycles. The van der Waals surface area contributed by atoms with Crippen LogP contribution in [-0.4, -0.2) is 15.0 Å². The van der Waals surface area contributed by atoms with E-state index in [4.69, 9.17) is 5.73 Å². The quantitative estimate of drug-likeness (QED) is 0.774. The van der Waals surface area contributed by atoms with Crippen molar-refractivity contribution < 1.29 is 4.39 Å². The Bertz CT molecular complexity index is 776. The van der Waals surface area contributed by atoms with Gasteiger partial charge in [-0.1, -0.05) is 42.5 Å². The molecule has 0 aliphatic rings. The maximum atomic E-state index is 13.3. The SMILES string of the molecule is Nc1nc(NCc2ccccc2)nc(-c2cccc(F)c2)n1. The Morgan fingerprint density at radius 2 is 1.77 bits per heavy atom. The van der Waals surface area contributed by atoms with Crippen LogP contribution in [0.3, 0.4) is 0 Å². The minimum Gasteiger partial charge on any atom is -0.368 e. The van der Waals surface area contributed by atoms with Gasteiger partial charge in [0.25, 0.3) is 0 Å². The van der Waals surface area contributed by atoms with Crippen LogP contribution >= 0.6 is 0 Å². The summed E-state index contributed by atoms with van der Waals surface area (Å²) in [6, 6.07) is 15.9. The van der Waals surface area contributed by atoms with E-state index < -0.39 is 0 Å². The molecule has 3 rings (SSSR count). The smallest absolute Gasteiger partial charge is 0.228 e. The first-order valence-corrected chi connectivity index (χ1v) is 6.76. The van der Waals surface area contributed by atoms with E-state index in [1.165, 1.54) is 12.1 Å². The van der Waals surface area contributed by atoms with Crippen LogP contribution in [0, 0.1) is 5.82 Å². The lowest BCUT2D eigenvalue weighted by Crippen LogP contribution is -2.08. The highest BCUT2D eigenvalue weighted by molar-refractivity contribution is 5.57. The van der Waals surface area contributed by atoms with Crippen molar-refractivity contribution >= 4 is 11.9 Å². The second kappa shape index (κ2) is 6.17. The lowest BCUT2D eigenvalue weighted by Gasteiger charge is -2.07. The molecule has 0 bridgehead atoms. The third-order valence-corrected chi connectivity index (χ3v) is 3.03. The fourth-order valence-electron chi connectivity index (χ4n) is 2.01. The minimum absolute atomic E-state index is 0.0878. The molecule has 0 atom stereocenters. The number of nitrogen functional groups attached to an aromatic ring is 1. The molecule has 0 aliphatic carbocycles. The molecule has 1 heterocycles. The minimum atomic E-state index is -0.352. The molecular formula is C16H14FN5. The Morgan fingerprint density at radius 1 is 0.955 bits per heavy atom. The Kier molecular flexibility index (Phi) is 3.91. The van der Waals surface area contributed by atoms with Gasteiger partial charge in [-0.25, -0.2) is 4.39 Å². The lowest BCUT2D eigenvalue weighted by molar-refractivity contribution is 0.628. The Morgan fingerprint density at radius 3 is 2.55 bits per heavy atom. The first kappa shape index (κ1) is 13.9. The van der Waals surface area contributed by atoms with Crippen molar-refractivity contribution in [2.45, 2.75) is 6.54 Å². The van der Waals surface area contributed by atoms with Crippen LogP contribution in [0.4, 0.5) is 16.3 Å². The molecular weight excluding hydrogens is 281 g/mol. The van der Waals surface area contributed by atoms with Crippen molar-refractivity contribution in [1.82, 2.24) is 15.0 Å². The van der Waals surface area contributed by atoms with E-state index in [9.17, 15) is 4.39 Å². The van der Waals surface area contributed by atoms with Gasteiger partial charge in [0.2, 0.25) is 11.9 Å². The second-order valence-corrected chi connectivity index (χ2v) is 4.69. The number of rotatable bonds is 4. The summed E-state index contributed by atoms with van der Waals surface area (Å²) in [4.78, 5) is 12.4. The van der Waals surface area contributed by atoms with E-state index in [0.29, 0.717) is 23.9 Å². The molecule has 0 saturated heterocycles. The van der Waals surface area contributed by atoms with Gasteiger partial charge in [0.1, 0.15) is 5.82 Å². The van der Waals surface area contributed by atoms with Gasteiger partial charge in [0.15, 0.2) is 5.82 Å². The summed E-state index contributed by atoms with van der Waals surface area (Å²) in [5, 5.41) is 3.09. The molecule has 5 nitrogen and oxygen atoms in total. The highest BCUT2D eigenvalue weighted by atomic mass is 19.1. The Hall–Kier alpha value is -3.02. The van der Waals surface area contributed by atoms with E-state index in [0.717, 1.165) is 5.56 Å².